The highest BCUT2D eigenvalue weighted by molar-refractivity contribution is 6.35. The van der Waals surface area contributed by atoms with Crippen molar-refractivity contribution in [3.05, 3.63) is 46.5 Å². The van der Waals surface area contributed by atoms with Gasteiger partial charge in [-0.3, -0.25) is 19.8 Å². The zero-order chi connectivity index (χ0) is 43.6. The lowest BCUT2D eigenvalue weighted by molar-refractivity contribution is -0.236. The second-order valence-corrected chi connectivity index (χ2v) is 15.4. The van der Waals surface area contributed by atoms with Crippen LogP contribution in [0.4, 0.5) is 20.1 Å². The number of anilines is 1. The molecule has 4 bridgehead atoms. The third-order valence-corrected chi connectivity index (χ3v) is 11.2. The molecule has 0 saturated carbocycles. The molecule has 0 aromatic heterocycles. The van der Waals surface area contributed by atoms with Crippen LogP contribution in [0.3, 0.4) is 0 Å². The maximum absolute atomic E-state index is 15.0. The summed E-state index contributed by atoms with van der Waals surface area (Å²) in [6, 6.07) is 2.85. The molecule has 0 unspecified atom stereocenters. The number of carbonyl (C=O) groups is 5. The third-order valence-electron chi connectivity index (χ3n) is 10.9. The summed E-state index contributed by atoms with van der Waals surface area (Å²) in [6.45, 7) is 5.63. The van der Waals surface area contributed by atoms with Crippen molar-refractivity contribution in [2.45, 2.75) is 113 Å². The molecule has 3 saturated heterocycles. The number of rotatable bonds is 7. The molecule has 0 aliphatic carbocycles. The average molecular weight is 855 g/mol. The van der Waals surface area contributed by atoms with E-state index in [1.165, 1.54) is 33.4 Å². The Morgan fingerprint density at radius 3 is 2.49 bits per heavy atom. The van der Waals surface area contributed by atoms with Crippen LogP contribution < -0.4 is 21.3 Å². The number of aromatic hydroxyl groups is 1. The minimum Gasteiger partial charge on any atom is -0.506 e. The van der Waals surface area contributed by atoms with E-state index in [0.717, 1.165) is 11.8 Å². The molecule has 59 heavy (non-hydrogen) atoms. The van der Waals surface area contributed by atoms with Gasteiger partial charge in [0.05, 0.1) is 18.2 Å². The van der Waals surface area contributed by atoms with Crippen molar-refractivity contribution in [2.75, 3.05) is 32.8 Å². The average Bonchev–Trinajstić information content (AvgIpc) is 3.86. The monoisotopic (exact) mass is 854 g/mol. The lowest BCUT2D eigenvalue weighted by atomic mass is 9.83. The molecule has 5 rings (SSSR count). The normalized spacial score (nSPS) is 36.4. The van der Waals surface area contributed by atoms with Crippen molar-refractivity contribution in [2.24, 2.45) is 11.7 Å². The van der Waals surface area contributed by atoms with Gasteiger partial charge in [0.15, 0.2) is 18.1 Å². The number of aliphatic hydroxyl groups is 2. The highest BCUT2D eigenvalue weighted by Crippen LogP contribution is 2.49. The zero-order valence-electron chi connectivity index (χ0n) is 33.5. The van der Waals surface area contributed by atoms with Crippen LogP contribution in [0.1, 0.15) is 46.1 Å². The van der Waals surface area contributed by atoms with Crippen LogP contribution in [0.2, 0.25) is 5.02 Å². The number of fused-ring (bicyclic) bond motifs is 5. The van der Waals surface area contributed by atoms with Crippen molar-refractivity contribution in [1.29, 1.82) is 0 Å². The van der Waals surface area contributed by atoms with Gasteiger partial charge in [0.1, 0.15) is 59.6 Å². The standard InChI is InChI=1S/C38H51ClN4O16/c1-17-9-8-10-25(52-6)38(51)15-23(56-36(50)42-38)18(2)32-37(4,59-32)26(57-35(49)41-5)14-27(46)43(21-12-20(11-17)13-22(45)28(21)39)33-29(47)31(53-7)30(58-34(40)48)24(55-33)16-54-19(3)44/h8-10,12-13,18,23-26,29-33,45,47,51H,11,14-16H2,1-7H3,(H2,40,48)(H,41,49)(H,42,50)/b10-8+,17-9+/t18-,23+,24-,25-,26+,29-,30-,31-,32+,33-,37+,38+/m1/s1. The fourth-order valence-corrected chi connectivity index (χ4v) is 8.03. The van der Waals surface area contributed by atoms with Crippen molar-refractivity contribution in [1.82, 2.24) is 10.6 Å². The van der Waals surface area contributed by atoms with Crippen LogP contribution in [0.15, 0.2) is 35.9 Å². The smallest absolute Gasteiger partial charge is 0.409 e. The van der Waals surface area contributed by atoms with E-state index in [2.05, 4.69) is 10.6 Å². The number of allylic oxidation sites excluding steroid dienone is 3. The van der Waals surface area contributed by atoms with Crippen LogP contribution in [-0.4, -0.2) is 140 Å². The number of amides is 4. The number of hydrogen-bond acceptors (Lipinski definition) is 16. The van der Waals surface area contributed by atoms with E-state index in [1.54, 1.807) is 39.0 Å². The van der Waals surface area contributed by atoms with Gasteiger partial charge in [-0.2, -0.15) is 0 Å². The van der Waals surface area contributed by atoms with Crippen molar-refractivity contribution >= 4 is 47.4 Å². The number of nitrogens with zero attached hydrogens (tertiary/aromatic N) is 1. The zero-order valence-corrected chi connectivity index (χ0v) is 34.3. The molecule has 7 N–H and O–H groups in total. The maximum atomic E-state index is 15.0. The Morgan fingerprint density at radius 1 is 1.15 bits per heavy atom. The number of alkyl carbamates (subject to hydrolysis) is 2. The molecule has 4 heterocycles. The number of ether oxygens (including phenoxy) is 8. The molecule has 4 aliphatic heterocycles. The van der Waals surface area contributed by atoms with E-state index in [1.807, 2.05) is 0 Å². The highest BCUT2D eigenvalue weighted by Gasteiger charge is 2.65. The van der Waals surface area contributed by atoms with Crippen molar-refractivity contribution in [3.8, 4) is 5.75 Å². The first-order chi connectivity index (χ1) is 27.8. The van der Waals surface area contributed by atoms with E-state index >= 15 is 4.79 Å². The third kappa shape index (κ3) is 9.86. The Morgan fingerprint density at radius 2 is 1.86 bits per heavy atom. The molecule has 326 valence electrons. The Bertz CT molecular complexity index is 1850. The number of nitrogens with one attached hydrogen (secondary N) is 2. The molecule has 4 amide bonds. The van der Waals surface area contributed by atoms with Crippen LogP contribution in [-0.2, 0) is 53.9 Å². The summed E-state index contributed by atoms with van der Waals surface area (Å²) < 4.78 is 45.4. The first-order valence-electron chi connectivity index (χ1n) is 18.7. The Balaban J connectivity index is 1.68. The number of esters is 1. The maximum Gasteiger partial charge on any atom is 0.409 e. The quantitative estimate of drug-likeness (QED) is 0.129. The molecule has 20 nitrogen and oxygen atoms in total. The van der Waals surface area contributed by atoms with Gasteiger partial charge in [-0.1, -0.05) is 42.3 Å². The minimum absolute atomic E-state index is 0.148. The molecule has 1 aromatic rings. The lowest BCUT2D eigenvalue weighted by Gasteiger charge is -2.47. The van der Waals surface area contributed by atoms with Gasteiger partial charge in [-0.15, -0.1) is 0 Å². The van der Waals surface area contributed by atoms with E-state index in [4.69, 9.17) is 55.2 Å². The Hall–Kier alpha value is -4.70. The van der Waals surface area contributed by atoms with Gasteiger partial charge in [-0.05, 0) is 38.0 Å². The number of aliphatic hydroxyl groups excluding tert-OH is 1. The topological polar surface area (TPSA) is 276 Å². The van der Waals surface area contributed by atoms with E-state index in [0.29, 0.717) is 11.1 Å². The number of hydrogen-bond donors (Lipinski definition) is 6. The number of benzene rings is 1. The number of epoxide rings is 1. The molecule has 3 fully saturated rings. The molecule has 0 spiro atoms. The van der Waals surface area contributed by atoms with Gasteiger partial charge in [0.25, 0.3) is 0 Å². The Kier molecular flexibility index (Phi) is 14.1. The summed E-state index contributed by atoms with van der Waals surface area (Å²) in [7, 11) is 3.87. The highest BCUT2D eigenvalue weighted by atomic mass is 35.5. The summed E-state index contributed by atoms with van der Waals surface area (Å²) in [5, 5.41) is 39.3. The molecule has 1 aromatic carbocycles. The van der Waals surface area contributed by atoms with Gasteiger partial charge in [-0.25, -0.2) is 14.4 Å². The molecule has 21 heteroatoms. The van der Waals surface area contributed by atoms with E-state index in [9.17, 15) is 34.5 Å². The predicted molar refractivity (Wildman–Crippen MR) is 204 cm³/mol. The van der Waals surface area contributed by atoms with Gasteiger partial charge in [0, 0.05) is 40.5 Å². The van der Waals surface area contributed by atoms with Crippen LogP contribution >= 0.6 is 11.6 Å². The van der Waals surface area contributed by atoms with Gasteiger partial charge in [0.2, 0.25) is 5.91 Å². The molecular formula is C38H51ClN4O16. The summed E-state index contributed by atoms with van der Waals surface area (Å²) >= 11 is 6.76. The molecule has 0 radical (unpaired) electrons. The molecule has 4 aliphatic rings. The fraction of sp³-hybridized carbons (Fsp3) is 0.605. The van der Waals surface area contributed by atoms with Crippen LogP contribution in [0.25, 0.3) is 0 Å². The first kappa shape index (κ1) is 45.4. The number of carbonyl (C=O) groups excluding carboxylic acids is 5. The van der Waals surface area contributed by atoms with Gasteiger partial charge < -0.3 is 64.3 Å². The Labute approximate surface area is 344 Å². The number of primary amides is 1. The number of phenolic OH excluding ortho intramolecular Hbond substituents is 1. The van der Waals surface area contributed by atoms with Crippen molar-refractivity contribution in [3.63, 3.8) is 0 Å². The summed E-state index contributed by atoms with van der Waals surface area (Å²) in [5.41, 5.74) is 2.97. The molecular weight excluding hydrogens is 804 g/mol. The van der Waals surface area contributed by atoms with E-state index in [-0.39, 0.29) is 23.6 Å². The first-order valence-corrected chi connectivity index (χ1v) is 19.1. The summed E-state index contributed by atoms with van der Waals surface area (Å²) in [5.74, 6) is -2.75. The fourth-order valence-electron chi connectivity index (χ4n) is 7.83. The number of methoxy groups -OCH3 is 2. The van der Waals surface area contributed by atoms with Crippen LogP contribution in [0.5, 0.6) is 5.75 Å². The summed E-state index contributed by atoms with van der Waals surface area (Å²) in [4.78, 5) is 65.6. The number of halogens is 1. The summed E-state index contributed by atoms with van der Waals surface area (Å²) in [6.07, 6.45) is -11.0. The SMILES string of the molecule is CNC(=O)O[C@H]1CC(=O)N([C@@H]2O[C@H](COC(C)=O)[C@@H](OC(N)=O)[C@H](OC)[C@H]2O)c2cc(cc(O)c2Cl)C/C(C)=C/C=C/[C@@H](OC)[C@@]2(O)C[C@H](OC(=O)N2)[C@@H](C)[C@@H]2O[C@@]12C. The second-order valence-electron chi connectivity index (χ2n) is 15.0. The number of nitrogens with two attached hydrogens (primary N) is 1. The second kappa shape index (κ2) is 18.3. The number of phenols is 1. The van der Waals surface area contributed by atoms with Crippen molar-refractivity contribution < 1.29 is 77.2 Å². The van der Waals surface area contributed by atoms with E-state index < -0.39 is 121 Å². The predicted octanol–water partition coefficient (Wildman–Crippen LogP) is 1.68. The minimum atomic E-state index is -1.92. The van der Waals surface area contributed by atoms with Gasteiger partial charge >= 0.3 is 24.2 Å². The lowest BCUT2D eigenvalue weighted by Crippen LogP contribution is -2.66. The molecule has 12 atom stereocenters. The van der Waals surface area contributed by atoms with Crippen LogP contribution in [0, 0.1) is 5.92 Å². The largest absolute Gasteiger partial charge is 0.506 e.